The van der Waals surface area contributed by atoms with E-state index in [1.807, 2.05) is 36.5 Å². The number of hydrogen-bond acceptors (Lipinski definition) is 6. The fourth-order valence-corrected chi connectivity index (χ4v) is 3.62. The predicted octanol–water partition coefficient (Wildman–Crippen LogP) is 3.69. The van der Waals surface area contributed by atoms with Crippen molar-refractivity contribution in [3.8, 4) is 5.75 Å². The van der Waals surface area contributed by atoms with E-state index >= 15 is 0 Å². The highest BCUT2D eigenvalue weighted by Gasteiger charge is 2.34. The van der Waals surface area contributed by atoms with E-state index in [1.165, 1.54) is 18.2 Å². The summed E-state index contributed by atoms with van der Waals surface area (Å²) in [7, 11) is 0. The lowest BCUT2D eigenvalue weighted by Crippen LogP contribution is -2.55. The summed E-state index contributed by atoms with van der Waals surface area (Å²) in [5.74, 6) is 1.94. The zero-order valence-electron chi connectivity index (χ0n) is 17.2. The Bertz CT molecular complexity index is 973. The van der Waals surface area contributed by atoms with Gasteiger partial charge < -0.3 is 9.64 Å². The minimum atomic E-state index is -0.474. The molecule has 0 saturated carbocycles. The second-order valence-corrected chi connectivity index (χ2v) is 7.54. The topological polar surface area (TPSA) is 75.9 Å². The van der Waals surface area contributed by atoms with E-state index in [1.54, 1.807) is 24.3 Å². The quantitative estimate of drug-likeness (QED) is 0.408. The van der Waals surface area contributed by atoms with Crippen LogP contribution in [0.4, 0.5) is 10.1 Å². The Balaban J connectivity index is 1.74. The zero-order valence-corrected chi connectivity index (χ0v) is 17.2. The maximum absolute atomic E-state index is 13.2. The monoisotopic (exact) mass is 413 g/mol. The lowest BCUT2D eigenvalue weighted by molar-refractivity contribution is -0.386. The zero-order chi connectivity index (χ0) is 21.8. The van der Waals surface area contributed by atoms with Gasteiger partial charge >= 0.3 is 5.69 Å². The summed E-state index contributed by atoms with van der Waals surface area (Å²) in [6.07, 6.45) is 0. The minimum Gasteiger partial charge on any atom is -0.471 e. The van der Waals surface area contributed by atoms with E-state index in [4.69, 9.17) is 4.74 Å². The van der Waals surface area contributed by atoms with Crippen LogP contribution in [0.1, 0.15) is 25.0 Å². The number of rotatable bonds is 6. The van der Waals surface area contributed by atoms with Crippen LogP contribution in [-0.2, 0) is 11.3 Å². The van der Waals surface area contributed by atoms with Gasteiger partial charge in [0, 0.05) is 25.2 Å². The van der Waals surface area contributed by atoms with E-state index in [0.717, 1.165) is 11.1 Å². The number of nitrogens with zero attached hydrogens (tertiary/aromatic N) is 3. The Morgan fingerprint density at radius 3 is 2.57 bits per heavy atom. The molecule has 2 atom stereocenters. The van der Waals surface area contributed by atoms with Crippen molar-refractivity contribution in [3.63, 3.8) is 0 Å². The number of aryl methyl sites for hydroxylation is 1. The number of nitro groups is 1. The minimum absolute atomic E-state index is 0.0289. The number of benzene rings is 2. The molecule has 0 N–H and O–H groups in total. The second-order valence-electron chi connectivity index (χ2n) is 7.54. The fraction of sp³-hybridized carbons (Fsp3) is 0.364. The van der Waals surface area contributed by atoms with Crippen LogP contribution in [0.15, 0.2) is 48.2 Å². The van der Waals surface area contributed by atoms with Crippen LogP contribution < -0.4 is 4.74 Å². The Kier molecular flexibility index (Phi) is 6.50. The third kappa shape index (κ3) is 4.67. The van der Waals surface area contributed by atoms with Gasteiger partial charge in [-0.25, -0.2) is 9.18 Å². The number of ether oxygens (including phenoxy) is 1. The van der Waals surface area contributed by atoms with Crippen molar-refractivity contribution in [1.29, 1.82) is 0 Å². The number of carbonyl (C=O) groups excluding carboxylic acids is 1. The Labute approximate surface area is 174 Å². The van der Waals surface area contributed by atoms with E-state index < -0.39 is 4.92 Å². The van der Waals surface area contributed by atoms with Gasteiger partial charge in [-0.15, -0.1) is 0 Å². The molecule has 7 nitrogen and oxygen atoms in total. The Hall–Kier alpha value is -3.22. The van der Waals surface area contributed by atoms with Gasteiger partial charge in [0.2, 0.25) is 0 Å². The van der Waals surface area contributed by atoms with Gasteiger partial charge in [0.25, 0.3) is 0 Å². The van der Waals surface area contributed by atoms with Gasteiger partial charge in [-0.3, -0.25) is 15.0 Å². The summed E-state index contributed by atoms with van der Waals surface area (Å²) in [6.45, 7) is 6.85. The summed E-state index contributed by atoms with van der Waals surface area (Å²) in [5, 5.41) is 11.3. The summed E-state index contributed by atoms with van der Waals surface area (Å²) in [4.78, 5) is 26.4. The first-order valence-corrected chi connectivity index (χ1v) is 9.68. The lowest BCUT2D eigenvalue weighted by atomic mass is 10.0. The Morgan fingerprint density at radius 2 is 1.93 bits per heavy atom. The summed E-state index contributed by atoms with van der Waals surface area (Å²) >= 11 is 0. The molecular formula is C22H24FN3O4. The molecule has 2 aromatic carbocycles. The molecule has 0 aromatic heterocycles. The molecular weight excluding hydrogens is 389 g/mol. The average Bonchev–Trinajstić information content (AvgIpc) is 2.71. The first-order chi connectivity index (χ1) is 14.3. The number of halogens is 1. The molecule has 2 aromatic rings. The van der Waals surface area contributed by atoms with Crippen LogP contribution in [0, 0.1) is 22.9 Å². The predicted molar refractivity (Wildman–Crippen MR) is 110 cm³/mol. The van der Waals surface area contributed by atoms with Crippen LogP contribution in [0.2, 0.25) is 0 Å². The maximum atomic E-state index is 13.2. The van der Waals surface area contributed by atoms with E-state index in [0.29, 0.717) is 18.8 Å². The van der Waals surface area contributed by atoms with Crippen molar-refractivity contribution >= 4 is 11.6 Å². The average molecular weight is 413 g/mol. The molecule has 0 aliphatic carbocycles. The molecule has 0 radical (unpaired) electrons. The van der Waals surface area contributed by atoms with E-state index in [9.17, 15) is 19.3 Å². The molecule has 1 aliphatic rings. The standard InChI is InChI=1S/C22H24FN3O4/c1-15-4-9-20(26(28)29)22(10-15)30-14-24-11-16(2)25(21(13-27)17(24)3)12-18-5-7-19(23)8-6-18/h4-10,16-17H,11-12,14H2,1-3H3/t16-,17+/m1/s1. The molecule has 1 saturated heterocycles. The molecule has 1 aliphatic heterocycles. The molecule has 1 fully saturated rings. The molecule has 3 rings (SSSR count). The summed E-state index contributed by atoms with van der Waals surface area (Å²) in [5.41, 5.74) is 2.13. The van der Waals surface area contributed by atoms with Gasteiger partial charge in [-0.05, 0) is 50.1 Å². The molecule has 0 unspecified atom stereocenters. The molecule has 1 heterocycles. The van der Waals surface area contributed by atoms with Gasteiger partial charge in [0.1, 0.15) is 24.2 Å². The molecule has 0 amide bonds. The van der Waals surface area contributed by atoms with Crippen molar-refractivity contribution in [2.45, 2.75) is 39.4 Å². The van der Waals surface area contributed by atoms with Crippen molar-refractivity contribution < 1.29 is 18.8 Å². The highest BCUT2D eigenvalue weighted by molar-refractivity contribution is 5.54. The molecule has 8 heteroatoms. The highest BCUT2D eigenvalue weighted by atomic mass is 19.1. The maximum Gasteiger partial charge on any atom is 0.311 e. The van der Waals surface area contributed by atoms with Crippen LogP contribution in [0.25, 0.3) is 0 Å². The lowest BCUT2D eigenvalue weighted by Gasteiger charge is -2.45. The van der Waals surface area contributed by atoms with Crippen LogP contribution in [0.3, 0.4) is 0 Å². The third-order valence-corrected chi connectivity index (χ3v) is 5.35. The summed E-state index contributed by atoms with van der Waals surface area (Å²) < 4.78 is 19.0. The molecule has 30 heavy (non-hydrogen) atoms. The van der Waals surface area contributed by atoms with Crippen molar-refractivity contribution in [3.05, 3.63) is 75.2 Å². The normalized spacial score (nSPS) is 19.5. The third-order valence-electron chi connectivity index (χ3n) is 5.35. The number of hydrogen-bond donors (Lipinski definition) is 0. The van der Waals surface area contributed by atoms with Crippen molar-refractivity contribution in [2.75, 3.05) is 13.3 Å². The number of piperazine rings is 1. The van der Waals surface area contributed by atoms with Gasteiger partial charge in [0.15, 0.2) is 5.75 Å². The Morgan fingerprint density at radius 1 is 1.23 bits per heavy atom. The van der Waals surface area contributed by atoms with E-state index in [2.05, 4.69) is 0 Å². The van der Waals surface area contributed by atoms with Gasteiger partial charge in [-0.1, -0.05) is 18.2 Å². The smallest absolute Gasteiger partial charge is 0.311 e. The van der Waals surface area contributed by atoms with Crippen molar-refractivity contribution in [1.82, 2.24) is 9.80 Å². The largest absolute Gasteiger partial charge is 0.471 e. The van der Waals surface area contributed by atoms with Crippen molar-refractivity contribution in [2.24, 2.45) is 0 Å². The molecule has 0 spiro atoms. The fourth-order valence-electron chi connectivity index (χ4n) is 3.62. The highest BCUT2D eigenvalue weighted by Crippen LogP contribution is 2.30. The van der Waals surface area contributed by atoms with Gasteiger partial charge in [-0.2, -0.15) is 0 Å². The second kappa shape index (κ2) is 9.07. The molecule has 158 valence electrons. The van der Waals surface area contributed by atoms with Gasteiger partial charge in [0.05, 0.1) is 11.0 Å². The summed E-state index contributed by atoms with van der Waals surface area (Å²) in [6, 6.07) is 10.6. The van der Waals surface area contributed by atoms with E-state index in [-0.39, 0.29) is 36.1 Å². The SMILES string of the molecule is Cc1ccc([N+](=O)[O-])c(OCN2C[C@@H](C)N(Cc3ccc(F)cc3)C(=C=O)[C@@H]2C)c1. The number of nitro benzene ring substituents is 1. The van der Waals surface area contributed by atoms with Crippen LogP contribution >= 0.6 is 0 Å². The van der Waals surface area contributed by atoms with Crippen LogP contribution in [-0.4, -0.2) is 46.0 Å². The van der Waals surface area contributed by atoms with Crippen LogP contribution in [0.5, 0.6) is 5.75 Å². The first-order valence-electron chi connectivity index (χ1n) is 9.68. The molecule has 0 bridgehead atoms. The first kappa shape index (κ1) is 21.5.